The molecule has 0 aromatic carbocycles. The Morgan fingerprint density at radius 3 is 2.00 bits per heavy atom. The summed E-state index contributed by atoms with van der Waals surface area (Å²) in [5.74, 6) is 2.71. The molecule has 0 bridgehead atoms. The Hall–Kier alpha value is -0.260. The molecule has 0 heterocycles. The molecule has 0 aromatic rings. The maximum absolute atomic E-state index is 4.05. The summed E-state index contributed by atoms with van der Waals surface area (Å²) in [6.07, 6.45) is 5.63. The van der Waals surface area contributed by atoms with E-state index in [0.29, 0.717) is 0 Å². The van der Waals surface area contributed by atoms with Crippen LogP contribution in [0.4, 0.5) is 0 Å². The molecule has 0 aliphatic heterocycles. The fraction of sp³-hybridized carbons (Fsp3) is 0.833. The summed E-state index contributed by atoms with van der Waals surface area (Å²) in [6, 6.07) is 0. The molecule has 0 spiro atoms. The smallest absolute Gasteiger partial charge is 0.0208 e. The van der Waals surface area contributed by atoms with E-state index < -0.39 is 0 Å². The van der Waals surface area contributed by atoms with Crippen LogP contribution in [0.15, 0.2) is 12.2 Å². The normalized spacial score (nSPS) is 30.7. The van der Waals surface area contributed by atoms with E-state index in [2.05, 4.69) is 27.4 Å². The summed E-state index contributed by atoms with van der Waals surface area (Å²) in [5.41, 5.74) is 1.40. The highest BCUT2D eigenvalue weighted by atomic mass is 14.3. The minimum Gasteiger partial charge on any atom is -0.0999 e. The summed E-state index contributed by atoms with van der Waals surface area (Å²) in [5, 5.41) is 0. The van der Waals surface area contributed by atoms with Crippen LogP contribution in [-0.2, 0) is 0 Å². The van der Waals surface area contributed by atoms with Crippen LogP contribution in [0.2, 0.25) is 0 Å². The van der Waals surface area contributed by atoms with Gasteiger partial charge in [0.2, 0.25) is 0 Å². The molecule has 0 saturated heterocycles. The summed E-state index contributed by atoms with van der Waals surface area (Å²) in [4.78, 5) is 0. The van der Waals surface area contributed by atoms with Gasteiger partial charge in [0.05, 0.1) is 0 Å². The minimum atomic E-state index is 0.833. The zero-order valence-corrected chi connectivity index (χ0v) is 8.77. The van der Waals surface area contributed by atoms with Crippen LogP contribution < -0.4 is 0 Å². The van der Waals surface area contributed by atoms with E-state index in [-0.39, 0.29) is 0 Å². The fourth-order valence-corrected chi connectivity index (χ4v) is 2.28. The Labute approximate surface area is 77.1 Å². The standard InChI is InChI=1S/C12H22/c1-9(2)11-5-7-12(8-6-11)10(3)4/h10-12H,1,5-8H2,2-4H3. The molecule has 1 aliphatic carbocycles. The molecule has 1 rings (SSSR count). The second-order valence-corrected chi connectivity index (χ2v) is 4.70. The molecule has 1 aliphatic rings. The van der Waals surface area contributed by atoms with Gasteiger partial charge in [0.25, 0.3) is 0 Å². The molecule has 1 saturated carbocycles. The van der Waals surface area contributed by atoms with Gasteiger partial charge in [-0.1, -0.05) is 26.0 Å². The molecule has 70 valence electrons. The lowest BCUT2D eigenvalue weighted by atomic mass is 9.75. The first-order valence-corrected chi connectivity index (χ1v) is 5.26. The quantitative estimate of drug-likeness (QED) is 0.543. The fourth-order valence-electron chi connectivity index (χ4n) is 2.28. The minimum absolute atomic E-state index is 0.833. The van der Waals surface area contributed by atoms with Crippen LogP contribution in [0.1, 0.15) is 46.5 Å². The molecule has 0 nitrogen and oxygen atoms in total. The van der Waals surface area contributed by atoms with Gasteiger partial charge in [-0.3, -0.25) is 0 Å². The van der Waals surface area contributed by atoms with E-state index in [1.54, 1.807) is 0 Å². The van der Waals surface area contributed by atoms with E-state index in [0.717, 1.165) is 17.8 Å². The largest absolute Gasteiger partial charge is 0.0999 e. The maximum atomic E-state index is 4.05. The van der Waals surface area contributed by atoms with Crippen LogP contribution >= 0.6 is 0 Å². The van der Waals surface area contributed by atoms with Crippen molar-refractivity contribution >= 4 is 0 Å². The molecular weight excluding hydrogens is 144 g/mol. The highest BCUT2D eigenvalue weighted by molar-refractivity contribution is 4.98. The molecule has 0 N–H and O–H groups in total. The Balaban J connectivity index is 2.34. The van der Waals surface area contributed by atoms with Crippen LogP contribution in [0.5, 0.6) is 0 Å². The van der Waals surface area contributed by atoms with Crippen molar-refractivity contribution in [2.75, 3.05) is 0 Å². The zero-order chi connectivity index (χ0) is 9.14. The van der Waals surface area contributed by atoms with Crippen molar-refractivity contribution in [1.82, 2.24) is 0 Å². The van der Waals surface area contributed by atoms with Crippen molar-refractivity contribution in [3.8, 4) is 0 Å². The van der Waals surface area contributed by atoms with E-state index in [4.69, 9.17) is 0 Å². The molecule has 0 heteroatoms. The highest BCUT2D eigenvalue weighted by Gasteiger charge is 2.22. The zero-order valence-electron chi connectivity index (χ0n) is 8.77. The van der Waals surface area contributed by atoms with E-state index in [1.807, 2.05) is 0 Å². The van der Waals surface area contributed by atoms with Gasteiger partial charge in [-0.05, 0) is 50.4 Å². The second kappa shape index (κ2) is 4.11. The first-order valence-electron chi connectivity index (χ1n) is 5.26. The average Bonchev–Trinajstić information content (AvgIpc) is 2.04. The monoisotopic (exact) mass is 166 g/mol. The second-order valence-electron chi connectivity index (χ2n) is 4.70. The Bertz CT molecular complexity index is 147. The van der Waals surface area contributed by atoms with Gasteiger partial charge >= 0.3 is 0 Å². The third-order valence-electron chi connectivity index (χ3n) is 3.41. The van der Waals surface area contributed by atoms with Gasteiger partial charge in [-0.2, -0.15) is 0 Å². The third-order valence-corrected chi connectivity index (χ3v) is 3.41. The van der Waals surface area contributed by atoms with Gasteiger partial charge < -0.3 is 0 Å². The average molecular weight is 166 g/mol. The van der Waals surface area contributed by atoms with Crippen molar-refractivity contribution in [3.05, 3.63) is 12.2 Å². The Morgan fingerprint density at radius 2 is 1.67 bits per heavy atom. The van der Waals surface area contributed by atoms with Crippen molar-refractivity contribution in [1.29, 1.82) is 0 Å². The number of hydrogen-bond donors (Lipinski definition) is 0. The molecule has 0 aromatic heterocycles. The number of rotatable bonds is 2. The summed E-state index contributed by atoms with van der Waals surface area (Å²) in [7, 11) is 0. The molecular formula is C12H22. The van der Waals surface area contributed by atoms with Crippen LogP contribution in [-0.4, -0.2) is 0 Å². The Kier molecular flexibility index (Phi) is 3.37. The Morgan fingerprint density at radius 1 is 1.17 bits per heavy atom. The van der Waals surface area contributed by atoms with Crippen molar-refractivity contribution in [2.24, 2.45) is 17.8 Å². The summed E-state index contributed by atoms with van der Waals surface area (Å²) < 4.78 is 0. The first-order chi connectivity index (χ1) is 5.61. The lowest BCUT2D eigenvalue weighted by molar-refractivity contribution is 0.242. The van der Waals surface area contributed by atoms with Gasteiger partial charge in [0, 0.05) is 0 Å². The summed E-state index contributed by atoms with van der Waals surface area (Å²) >= 11 is 0. The maximum Gasteiger partial charge on any atom is -0.0208 e. The molecule has 0 amide bonds. The van der Waals surface area contributed by atoms with Crippen molar-refractivity contribution in [3.63, 3.8) is 0 Å². The van der Waals surface area contributed by atoms with Gasteiger partial charge in [-0.25, -0.2) is 0 Å². The summed E-state index contributed by atoms with van der Waals surface area (Å²) in [6.45, 7) is 10.9. The van der Waals surface area contributed by atoms with Crippen LogP contribution in [0.25, 0.3) is 0 Å². The van der Waals surface area contributed by atoms with Crippen LogP contribution in [0.3, 0.4) is 0 Å². The number of allylic oxidation sites excluding steroid dienone is 1. The molecule has 12 heavy (non-hydrogen) atoms. The first kappa shape index (κ1) is 9.83. The number of hydrogen-bond acceptors (Lipinski definition) is 0. The van der Waals surface area contributed by atoms with Gasteiger partial charge in [-0.15, -0.1) is 0 Å². The molecule has 0 atom stereocenters. The topological polar surface area (TPSA) is 0 Å². The van der Waals surface area contributed by atoms with E-state index in [1.165, 1.54) is 31.3 Å². The molecule has 0 unspecified atom stereocenters. The molecule has 1 fully saturated rings. The van der Waals surface area contributed by atoms with E-state index >= 15 is 0 Å². The lowest BCUT2D eigenvalue weighted by Gasteiger charge is -2.31. The predicted molar refractivity (Wildman–Crippen MR) is 55.1 cm³/mol. The van der Waals surface area contributed by atoms with Gasteiger partial charge in [0.1, 0.15) is 0 Å². The van der Waals surface area contributed by atoms with E-state index in [9.17, 15) is 0 Å². The van der Waals surface area contributed by atoms with Crippen LogP contribution in [0, 0.1) is 17.8 Å². The highest BCUT2D eigenvalue weighted by Crippen LogP contribution is 2.35. The lowest BCUT2D eigenvalue weighted by Crippen LogP contribution is -2.18. The third kappa shape index (κ3) is 2.36. The van der Waals surface area contributed by atoms with Gasteiger partial charge in [0.15, 0.2) is 0 Å². The van der Waals surface area contributed by atoms with Crippen molar-refractivity contribution in [2.45, 2.75) is 46.5 Å². The van der Waals surface area contributed by atoms with Crippen molar-refractivity contribution < 1.29 is 0 Å². The predicted octanol–water partition coefficient (Wildman–Crippen LogP) is 4.02. The molecule has 0 radical (unpaired) electrons. The SMILES string of the molecule is C=C(C)C1CCC(C(C)C)CC1.